The van der Waals surface area contributed by atoms with Crippen LogP contribution in [0.25, 0.3) is 21.5 Å². The Morgan fingerprint density at radius 1 is 0.272 bits per heavy atom. The van der Waals surface area contributed by atoms with Crippen LogP contribution in [0.2, 0.25) is 0 Å². The SMILES string of the molecule is CCCCCCCCCCCCCc1cc2c(CCCCCCCCCCCCC)cccc2cc1S(=O)(=O)[O-].CCCCCCCCCCCCCc1cc2c(CCCCCCCCCCCCC)cccc2cc1S(=O)(=O)[O-].[Ba+2]. The maximum absolute atomic E-state index is 12.1. The zero-order valence-electron chi connectivity index (χ0n) is 52.7. The van der Waals surface area contributed by atoms with E-state index in [2.05, 4.69) is 39.8 Å². The molecule has 0 radical (unpaired) electrons. The van der Waals surface area contributed by atoms with Crippen molar-refractivity contribution in [3.05, 3.63) is 82.9 Å². The van der Waals surface area contributed by atoms with E-state index in [9.17, 15) is 25.9 Å². The monoisotopic (exact) mass is 1280 g/mol. The van der Waals surface area contributed by atoms with Crippen LogP contribution in [-0.4, -0.2) is 74.8 Å². The second-order valence-corrected chi connectivity index (χ2v) is 26.9. The van der Waals surface area contributed by atoms with E-state index in [0.29, 0.717) is 24.0 Å². The molecule has 0 N–H and O–H groups in total. The van der Waals surface area contributed by atoms with Crippen LogP contribution in [0, 0.1) is 0 Å². The van der Waals surface area contributed by atoms with Crippen LogP contribution in [0.15, 0.2) is 70.5 Å². The zero-order chi connectivity index (χ0) is 57.8. The van der Waals surface area contributed by atoms with Crippen LogP contribution < -0.4 is 0 Å². The van der Waals surface area contributed by atoms with Gasteiger partial charge < -0.3 is 9.11 Å². The summed E-state index contributed by atoms with van der Waals surface area (Å²) in [5.41, 5.74) is 3.99. The molecular weight excluding hydrogens is 1160 g/mol. The van der Waals surface area contributed by atoms with Gasteiger partial charge in [0.2, 0.25) is 0 Å². The Bertz CT molecular complexity index is 2230. The van der Waals surface area contributed by atoms with Crippen LogP contribution in [0.1, 0.15) is 332 Å². The molecule has 0 spiro atoms. The Kier molecular flexibility index (Phi) is 45.8. The minimum Gasteiger partial charge on any atom is -0.744 e. The van der Waals surface area contributed by atoms with Crippen molar-refractivity contribution in [2.75, 3.05) is 0 Å². The first-order valence-corrected chi connectivity index (χ1v) is 36.8. The molecule has 9 heteroatoms. The summed E-state index contributed by atoms with van der Waals surface area (Å²) in [7, 11) is -8.98. The van der Waals surface area contributed by atoms with Crippen molar-refractivity contribution in [1.82, 2.24) is 0 Å². The molecule has 0 saturated heterocycles. The van der Waals surface area contributed by atoms with Gasteiger partial charge in [-0.1, -0.05) is 321 Å². The Hall–Kier alpha value is -1.21. The van der Waals surface area contributed by atoms with E-state index in [-0.39, 0.29) is 58.7 Å². The molecule has 81 heavy (non-hydrogen) atoms. The van der Waals surface area contributed by atoms with E-state index in [1.807, 2.05) is 36.4 Å². The first-order chi connectivity index (χ1) is 38.9. The molecule has 0 aromatic heterocycles. The molecule has 0 unspecified atom stereocenters. The molecule has 0 bridgehead atoms. The first-order valence-electron chi connectivity index (χ1n) is 33.9. The third-order valence-electron chi connectivity index (χ3n) is 17.0. The molecule has 0 saturated carbocycles. The minimum absolute atomic E-state index is 0. The number of hydrogen-bond donors (Lipinski definition) is 0. The Labute approximate surface area is 540 Å². The van der Waals surface area contributed by atoms with Crippen molar-refractivity contribution < 1.29 is 25.9 Å². The molecule has 0 amide bonds. The van der Waals surface area contributed by atoms with E-state index in [1.54, 1.807) is 12.1 Å². The van der Waals surface area contributed by atoms with Crippen LogP contribution in [-0.2, 0) is 45.9 Å². The molecule has 456 valence electrons. The molecule has 0 aliphatic rings. The van der Waals surface area contributed by atoms with E-state index in [4.69, 9.17) is 0 Å². The molecule has 4 aromatic rings. The maximum Gasteiger partial charge on any atom is 2.00 e. The summed E-state index contributed by atoms with van der Waals surface area (Å²) in [6.45, 7) is 9.05. The van der Waals surface area contributed by atoms with Gasteiger partial charge in [0.15, 0.2) is 0 Å². The molecule has 4 aromatic carbocycles. The van der Waals surface area contributed by atoms with Gasteiger partial charge in [-0.15, -0.1) is 0 Å². The van der Waals surface area contributed by atoms with Crippen molar-refractivity contribution >= 4 is 90.7 Å². The standard InChI is InChI=1S/2C36H60O3S.Ba/c2*1-3-5-7-9-11-13-15-17-19-21-23-26-32-28-25-29-33-31-36(40(37,38)39)34(30-35(32)33)27-24-22-20-18-16-14-12-10-8-6-4-2;/h2*25,28-31H,3-24,26-27H2,1-2H3,(H,37,38,39);/q;;+2/p-2. The number of aryl methyl sites for hydroxylation is 4. The molecule has 4 rings (SSSR count). The average Bonchev–Trinajstić information content (AvgIpc) is 3.44. The summed E-state index contributed by atoms with van der Waals surface area (Å²) in [4.78, 5) is -0.0298. The zero-order valence-corrected chi connectivity index (χ0v) is 58.8. The summed E-state index contributed by atoms with van der Waals surface area (Å²) in [6.07, 6.45) is 60.3. The van der Waals surface area contributed by atoms with Crippen molar-refractivity contribution in [3.8, 4) is 0 Å². The molecule has 0 atom stereocenters. The summed E-state index contributed by atoms with van der Waals surface area (Å²) in [5, 5.41) is 4.00. The second kappa shape index (κ2) is 48.9. The third kappa shape index (κ3) is 35.3. The normalized spacial score (nSPS) is 11.8. The fourth-order valence-electron chi connectivity index (χ4n) is 12.0. The first kappa shape index (κ1) is 75.9. The van der Waals surface area contributed by atoms with Gasteiger partial charge in [0.25, 0.3) is 0 Å². The number of benzene rings is 4. The number of hydrogen-bond acceptors (Lipinski definition) is 6. The fraction of sp³-hybridized carbons (Fsp3) is 0.722. The van der Waals surface area contributed by atoms with Crippen molar-refractivity contribution in [2.24, 2.45) is 0 Å². The van der Waals surface area contributed by atoms with Gasteiger partial charge in [-0.2, -0.15) is 0 Å². The van der Waals surface area contributed by atoms with Crippen LogP contribution >= 0.6 is 0 Å². The number of fused-ring (bicyclic) bond motifs is 2. The average molecular weight is 1280 g/mol. The molecular formula is C72H118BaO6S2. The summed E-state index contributed by atoms with van der Waals surface area (Å²) in [6, 6.07) is 19.5. The molecule has 0 fully saturated rings. The molecule has 0 aliphatic heterocycles. The van der Waals surface area contributed by atoms with Gasteiger partial charge >= 0.3 is 48.9 Å². The van der Waals surface area contributed by atoms with E-state index in [0.717, 1.165) is 72.9 Å². The number of unbranched alkanes of at least 4 members (excludes halogenated alkanes) is 40. The van der Waals surface area contributed by atoms with Gasteiger partial charge in [0, 0.05) is 0 Å². The van der Waals surface area contributed by atoms with Gasteiger partial charge in [-0.3, -0.25) is 0 Å². The van der Waals surface area contributed by atoms with Gasteiger partial charge in [0.1, 0.15) is 20.2 Å². The Balaban J connectivity index is 0.000000547. The van der Waals surface area contributed by atoms with Crippen molar-refractivity contribution in [3.63, 3.8) is 0 Å². The maximum atomic E-state index is 12.1. The van der Waals surface area contributed by atoms with Crippen molar-refractivity contribution in [1.29, 1.82) is 0 Å². The predicted molar refractivity (Wildman–Crippen MR) is 350 cm³/mol. The molecule has 0 aliphatic carbocycles. The van der Waals surface area contributed by atoms with E-state index in [1.165, 1.54) is 255 Å². The Morgan fingerprint density at radius 3 is 0.679 bits per heavy atom. The van der Waals surface area contributed by atoms with Crippen molar-refractivity contribution in [2.45, 2.75) is 346 Å². The molecule has 6 nitrogen and oxygen atoms in total. The summed E-state index contributed by atoms with van der Waals surface area (Å²) < 4.78 is 72.7. The van der Waals surface area contributed by atoms with Gasteiger partial charge in [-0.05, 0) is 119 Å². The second-order valence-electron chi connectivity index (χ2n) is 24.2. The fourth-order valence-corrected chi connectivity index (χ4v) is 13.5. The van der Waals surface area contributed by atoms with Gasteiger partial charge in [-0.25, -0.2) is 16.8 Å². The Morgan fingerprint density at radius 2 is 0.469 bits per heavy atom. The topological polar surface area (TPSA) is 114 Å². The number of rotatable bonds is 50. The van der Waals surface area contributed by atoms with Crippen LogP contribution in [0.5, 0.6) is 0 Å². The predicted octanol–water partition coefficient (Wildman–Crippen LogP) is 22.5. The van der Waals surface area contributed by atoms with Crippen LogP contribution in [0.4, 0.5) is 0 Å². The summed E-state index contributed by atoms with van der Waals surface area (Å²) >= 11 is 0. The molecule has 0 heterocycles. The third-order valence-corrected chi connectivity index (χ3v) is 18.9. The van der Waals surface area contributed by atoms with E-state index >= 15 is 0 Å². The smallest absolute Gasteiger partial charge is 0.744 e. The minimum atomic E-state index is -4.49. The summed E-state index contributed by atoms with van der Waals surface area (Å²) in [5.74, 6) is 0. The largest absolute Gasteiger partial charge is 2.00 e. The van der Waals surface area contributed by atoms with Crippen LogP contribution in [0.3, 0.4) is 0 Å². The van der Waals surface area contributed by atoms with E-state index < -0.39 is 20.2 Å². The van der Waals surface area contributed by atoms with Gasteiger partial charge in [0.05, 0.1) is 9.79 Å². The quantitative estimate of drug-likeness (QED) is 0.0247.